The van der Waals surface area contributed by atoms with Gasteiger partial charge in [-0.05, 0) is 47.7 Å². The highest BCUT2D eigenvalue weighted by Crippen LogP contribution is 2.26. The van der Waals surface area contributed by atoms with Gasteiger partial charge in [-0.3, -0.25) is 0 Å². The van der Waals surface area contributed by atoms with Crippen molar-refractivity contribution < 1.29 is 13.5 Å². The van der Waals surface area contributed by atoms with E-state index in [-0.39, 0.29) is 23.3 Å². The third-order valence-electron chi connectivity index (χ3n) is 3.20. The first-order valence-corrected chi connectivity index (χ1v) is 7.40. The summed E-state index contributed by atoms with van der Waals surface area (Å²) in [5.74, 6) is -0.305. The molecule has 20 heavy (non-hydrogen) atoms. The number of alkyl halides is 1. The van der Waals surface area contributed by atoms with Gasteiger partial charge in [0.25, 0.3) is 0 Å². The SMILES string of the molecule is COc1ccc(CC(CBr)c2cccc(F)c2)cc1F. The fraction of sp³-hybridized carbons (Fsp3) is 0.250. The van der Waals surface area contributed by atoms with Crippen molar-refractivity contribution in [2.45, 2.75) is 12.3 Å². The minimum Gasteiger partial charge on any atom is -0.494 e. The van der Waals surface area contributed by atoms with E-state index in [4.69, 9.17) is 4.74 Å². The van der Waals surface area contributed by atoms with Gasteiger partial charge in [0, 0.05) is 5.33 Å². The van der Waals surface area contributed by atoms with Crippen LogP contribution in [0.1, 0.15) is 17.0 Å². The maximum absolute atomic E-state index is 13.7. The quantitative estimate of drug-likeness (QED) is 0.717. The van der Waals surface area contributed by atoms with Gasteiger partial charge in [0.05, 0.1) is 7.11 Å². The van der Waals surface area contributed by atoms with Crippen LogP contribution in [0.2, 0.25) is 0 Å². The molecule has 2 rings (SSSR count). The lowest BCUT2D eigenvalue weighted by Crippen LogP contribution is -2.05. The molecule has 0 aliphatic rings. The summed E-state index contributed by atoms with van der Waals surface area (Å²) in [4.78, 5) is 0. The smallest absolute Gasteiger partial charge is 0.165 e. The zero-order chi connectivity index (χ0) is 14.5. The number of ether oxygens (including phenoxy) is 1. The monoisotopic (exact) mass is 340 g/mol. The Balaban J connectivity index is 2.20. The highest BCUT2D eigenvalue weighted by Gasteiger charge is 2.13. The molecule has 106 valence electrons. The molecule has 0 fully saturated rings. The van der Waals surface area contributed by atoms with Gasteiger partial charge in [0.15, 0.2) is 11.6 Å². The minimum absolute atomic E-state index is 0.0958. The van der Waals surface area contributed by atoms with Crippen molar-refractivity contribution in [1.82, 2.24) is 0 Å². The van der Waals surface area contributed by atoms with E-state index in [0.29, 0.717) is 11.8 Å². The lowest BCUT2D eigenvalue weighted by Gasteiger charge is -2.15. The molecule has 1 unspecified atom stereocenters. The normalized spacial score (nSPS) is 12.2. The summed E-state index contributed by atoms with van der Waals surface area (Å²) in [6, 6.07) is 11.4. The zero-order valence-corrected chi connectivity index (χ0v) is 12.7. The number of benzene rings is 2. The van der Waals surface area contributed by atoms with Crippen LogP contribution >= 0.6 is 15.9 Å². The Morgan fingerprint density at radius 2 is 1.95 bits per heavy atom. The molecule has 0 amide bonds. The van der Waals surface area contributed by atoms with Crippen molar-refractivity contribution in [2.24, 2.45) is 0 Å². The fourth-order valence-electron chi connectivity index (χ4n) is 2.14. The van der Waals surface area contributed by atoms with Gasteiger partial charge in [0.1, 0.15) is 5.82 Å². The summed E-state index contributed by atoms with van der Waals surface area (Å²) in [5, 5.41) is 0.685. The second-order valence-corrected chi connectivity index (χ2v) is 5.23. The van der Waals surface area contributed by atoms with Gasteiger partial charge < -0.3 is 4.74 Å². The van der Waals surface area contributed by atoms with Gasteiger partial charge in [-0.15, -0.1) is 0 Å². The van der Waals surface area contributed by atoms with Gasteiger partial charge in [-0.25, -0.2) is 8.78 Å². The van der Waals surface area contributed by atoms with Crippen molar-refractivity contribution in [2.75, 3.05) is 12.4 Å². The van der Waals surface area contributed by atoms with Gasteiger partial charge in [-0.1, -0.05) is 34.1 Å². The summed E-state index contributed by atoms with van der Waals surface area (Å²) in [6.45, 7) is 0. The van der Waals surface area contributed by atoms with E-state index in [2.05, 4.69) is 15.9 Å². The molecule has 0 bridgehead atoms. The van der Waals surface area contributed by atoms with Crippen LogP contribution in [-0.2, 0) is 6.42 Å². The lowest BCUT2D eigenvalue weighted by atomic mass is 9.93. The number of rotatable bonds is 5. The Morgan fingerprint density at radius 1 is 1.15 bits per heavy atom. The Hall–Kier alpha value is -1.42. The summed E-state index contributed by atoms with van der Waals surface area (Å²) in [5.41, 5.74) is 1.76. The molecule has 0 N–H and O–H groups in total. The van der Waals surface area contributed by atoms with Crippen molar-refractivity contribution >= 4 is 15.9 Å². The highest BCUT2D eigenvalue weighted by molar-refractivity contribution is 9.09. The predicted molar refractivity (Wildman–Crippen MR) is 79.6 cm³/mol. The maximum Gasteiger partial charge on any atom is 0.165 e. The molecule has 1 nitrogen and oxygen atoms in total. The average Bonchev–Trinajstić information content (AvgIpc) is 2.45. The van der Waals surface area contributed by atoms with E-state index in [1.807, 2.05) is 12.1 Å². The molecule has 0 heterocycles. The molecular formula is C16H15BrF2O. The molecule has 0 aliphatic heterocycles. The third kappa shape index (κ3) is 3.57. The van der Waals surface area contributed by atoms with Crippen molar-refractivity contribution in [3.8, 4) is 5.75 Å². The summed E-state index contributed by atoms with van der Waals surface area (Å²) < 4.78 is 31.8. The Bertz CT molecular complexity index is 586. The standard InChI is InChI=1S/C16H15BrF2O/c1-20-16-6-5-11(8-15(16)19)7-13(10-17)12-3-2-4-14(18)9-12/h2-6,8-9,13H,7,10H2,1H3. The molecule has 0 saturated carbocycles. The lowest BCUT2D eigenvalue weighted by molar-refractivity contribution is 0.386. The van der Waals surface area contributed by atoms with Crippen LogP contribution in [-0.4, -0.2) is 12.4 Å². The zero-order valence-electron chi connectivity index (χ0n) is 11.1. The van der Waals surface area contributed by atoms with E-state index in [1.165, 1.54) is 25.3 Å². The first kappa shape index (κ1) is 15.0. The van der Waals surface area contributed by atoms with Crippen LogP contribution in [0.15, 0.2) is 42.5 Å². The molecule has 4 heteroatoms. The molecule has 0 aromatic heterocycles. The van der Waals surface area contributed by atoms with Crippen LogP contribution < -0.4 is 4.74 Å². The molecule has 0 radical (unpaired) electrons. The number of hydrogen-bond donors (Lipinski definition) is 0. The topological polar surface area (TPSA) is 9.23 Å². The van der Waals surface area contributed by atoms with E-state index in [0.717, 1.165) is 11.1 Å². The van der Waals surface area contributed by atoms with E-state index < -0.39 is 0 Å². The van der Waals surface area contributed by atoms with Crippen molar-refractivity contribution in [3.05, 3.63) is 65.2 Å². The van der Waals surface area contributed by atoms with Crippen LogP contribution in [0, 0.1) is 11.6 Å². The summed E-state index contributed by atoms with van der Waals surface area (Å²) in [7, 11) is 1.44. The Kier molecular flexibility index (Phi) is 5.12. The van der Waals surface area contributed by atoms with Crippen LogP contribution in [0.5, 0.6) is 5.75 Å². The van der Waals surface area contributed by atoms with Crippen LogP contribution in [0.4, 0.5) is 8.78 Å². The second-order valence-electron chi connectivity index (χ2n) is 4.58. The Morgan fingerprint density at radius 3 is 2.55 bits per heavy atom. The minimum atomic E-state index is -0.377. The first-order chi connectivity index (χ1) is 9.63. The van der Waals surface area contributed by atoms with Gasteiger partial charge >= 0.3 is 0 Å². The maximum atomic E-state index is 13.7. The molecule has 0 aliphatic carbocycles. The second kappa shape index (κ2) is 6.84. The highest BCUT2D eigenvalue weighted by atomic mass is 79.9. The molecule has 2 aromatic carbocycles. The van der Waals surface area contributed by atoms with Crippen molar-refractivity contribution in [3.63, 3.8) is 0 Å². The van der Waals surface area contributed by atoms with Crippen LogP contribution in [0.3, 0.4) is 0 Å². The largest absolute Gasteiger partial charge is 0.494 e. The Labute approximate surface area is 125 Å². The molecule has 0 spiro atoms. The van der Waals surface area contributed by atoms with E-state index in [1.54, 1.807) is 12.1 Å². The fourth-order valence-corrected chi connectivity index (χ4v) is 2.75. The summed E-state index contributed by atoms with van der Waals surface area (Å²) >= 11 is 3.44. The number of methoxy groups -OCH3 is 1. The van der Waals surface area contributed by atoms with Crippen molar-refractivity contribution in [1.29, 1.82) is 0 Å². The number of halogens is 3. The average molecular weight is 341 g/mol. The summed E-state index contributed by atoms with van der Waals surface area (Å²) in [6.07, 6.45) is 0.635. The molecule has 0 saturated heterocycles. The first-order valence-electron chi connectivity index (χ1n) is 6.28. The van der Waals surface area contributed by atoms with Gasteiger partial charge in [0.2, 0.25) is 0 Å². The van der Waals surface area contributed by atoms with E-state index >= 15 is 0 Å². The van der Waals surface area contributed by atoms with Crippen LogP contribution in [0.25, 0.3) is 0 Å². The molecular weight excluding hydrogens is 326 g/mol. The van der Waals surface area contributed by atoms with E-state index in [9.17, 15) is 8.78 Å². The number of hydrogen-bond acceptors (Lipinski definition) is 1. The predicted octanol–water partition coefficient (Wildman–Crippen LogP) is 4.69. The molecule has 2 aromatic rings. The molecule has 1 atom stereocenters. The third-order valence-corrected chi connectivity index (χ3v) is 3.99. The van der Waals surface area contributed by atoms with Gasteiger partial charge in [-0.2, -0.15) is 0 Å².